The lowest BCUT2D eigenvalue weighted by Crippen LogP contribution is -2.33. The Hall–Kier alpha value is -2.21. The number of carbonyl (C=O) groups excluding carboxylic acids is 2. The molecule has 0 radical (unpaired) electrons. The highest BCUT2D eigenvalue weighted by atomic mass is 32.1. The number of hydrogen-bond acceptors (Lipinski definition) is 4. The molecule has 0 aliphatic carbocycles. The molecule has 1 atom stereocenters. The summed E-state index contributed by atoms with van der Waals surface area (Å²) in [6.07, 6.45) is 1.29. The van der Waals surface area contributed by atoms with Gasteiger partial charge in [-0.25, -0.2) is 4.98 Å². The van der Waals surface area contributed by atoms with Crippen LogP contribution in [0.25, 0.3) is 11.3 Å². The van der Waals surface area contributed by atoms with Gasteiger partial charge in [0.05, 0.1) is 5.69 Å². The summed E-state index contributed by atoms with van der Waals surface area (Å²) in [7, 11) is 0. The molecule has 0 saturated carbocycles. The van der Waals surface area contributed by atoms with E-state index in [1.54, 1.807) is 6.92 Å². The zero-order valence-electron chi connectivity index (χ0n) is 13.4. The van der Waals surface area contributed by atoms with Gasteiger partial charge in [0, 0.05) is 36.0 Å². The fourth-order valence-corrected chi connectivity index (χ4v) is 3.68. The monoisotopic (exact) mass is 329 g/mol. The van der Waals surface area contributed by atoms with E-state index in [1.807, 2.05) is 29.3 Å². The first-order valence-electron chi connectivity index (χ1n) is 7.68. The predicted molar refractivity (Wildman–Crippen MR) is 92.8 cm³/mol. The highest BCUT2D eigenvalue weighted by Gasteiger charge is 2.29. The SMILES string of the molecule is CCC(=O)Nc1nc(-c2ccc3c(c2)C[C@@H](C)N3C(C)=O)cs1. The van der Waals surface area contributed by atoms with Crippen molar-refractivity contribution in [3.05, 3.63) is 29.1 Å². The molecular formula is C17H19N3O2S. The predicted octanol–water partition coefficient (Wildman–Crippen LogP) is 3.46. The number of nitrogens with zero attached hydrogens (tertiary/aromatic N) is 2. The number of amides is 2. The number of nitrogens with one attached hydrogen (secondary N) is 1. The fraction of sp³-hybridized carbons (Fsp3) is 0.353. The summed E-state index contributed by atoms with van der Waals surface area (Å²) in [5.74, 6) is 0.0352. The molecule has 6 heteroatoms. The Labute approximate surface area is 139 Å². The molecular weight excluding hydrogens is 310 g/mol. The molecule has 1 aromatic heterocycles. The topological polar surface area (TPSA) is 62.3 Å². The molecule has 0 fully saturated rings. The lowest BCUT2D eigenvalue weighted by Gasteiger charge is -2.20. The van der Waals surface area contributed by atoms with Gasteiger partial charge >= 0.3 is 0 Å². The van der Waals surface area contributed by atoms with Crippen LogP contribution in [-0.2, 0) is 16.0 Å². The Kier molecular flexibility index (Phi) is 4.17. The third-order valence-electron chi connectivity index (χ3n) is 4.00. The van der Waals surface area contributed by atoms with Crippen molar-refractivity contribution in [2.24, 2.45) is 0 Å². The number of anilines is 2. The maximum Gasteiger partial charge on any atom is 0.225 e. The van der Waals surface area contributed by atoms with E-state index in [9.17, 15) is 9.59 Å². The van der Waals surface area contributed by atoms with Gasteiger partial charge in [-0.1, -0.05) is 13.0 Å². The first-order valence-corrected chi connectivity index (χ1v) is 8.56. The Morgan fingerprint density at radius 1 is 1.43 bits per heavy atom. The van der Waals surface area contributed by atoms with Gasteiger partial charge in [-0.2, -0.15) is 0 Å². The van der Waals surface area contributed by atoms with E-state index in [2.05, 4.69) is 23.3 Å². The zero-order valence-corrected chi connectivity index (χ0v) is 14.2. The summed E-state index contributed by atoms with van der Waals surface area (Å²) in [5.41, 5.74) is 4.01. The van der Waals surface area contributed by atoms with Crippen molar-refractivity contribution >= 4 is 34.0 Å². The molecule has 0 spiro atoms. The summed E-state index contributed by atoms with van der Waals surface area (Å²) in [6.45, 7) is 5.47. The largest absolute Gasteiger partial charge is 0.309 e. The number of hydrogen-bond donors (Lipinski definition) is 1. The van der Waals surface area contributed by atoms with Crippen molar-refractivity contribution in [3.8, 4) is 11.3 Å². The van der Waals surface area contributed by atoms with Gasteiger partial charge in [-0.3, -0.25) is 9.59 Å². The molecule has 3 rings (SSSR count). The van der Waals surface area contributed by atoms with Gasteiger partial charge in [-0.15, -0.1) is 11.3 Å². The molecule has 1 N–H and O–H groups in total. The van der Waals surface area contributed by atoms with E-state index in [1.165, 1.54) is 11.3 Å². The molecule has 1 aromatic carbocycles. The Morgan fingerprint density at radius 2 is 2.22 bits per heavy atom. The minimum atomic E-state index is -0.0363. The van der Waals surface area contributed by atoms with Crippen LogP contribution in [0.2, 0.25) is 0 Å². The molecule has 0 unspecified atom stereocenters. The van der Waals surface area contributed by atoms with Crippen LogP contribution in [0.1, 0.15) is 32.8 Å². The van der Waals surface area contributed by atoms with Crippen molar-refractivity contribution in [2.75, 3.05) is 10.2 Å². The maximum absolute atomic E-state index is 11.8. The first kappa shape index (κ1) is 15.7. The van der Waals surface area contributed by atoms with Crippen LogP contribution < -0.4 is 10.2 Å². The van der Waals surface area contributed by atoms with E-state index < -0.39 is 0 Å². The molecule has 1 aliphatic rings. The minimum Gasteiger partial charge on any atom is -0.309 e. The van der Waals surface area contributed by atoms with Gasteiger partial charge in [-0.05, 0) is 31.0 Å². The van der Waals surface area contributed by atoms with Crippen molar-refractivity contribution in [2.45, 2.75) is 39.7 Å². The van der Waals surface area contributed by atoms with Crippen LogP contribution in [-0.4, -0.2) is 22.8 Å². The van der Waals surface area contributed by atoms with Crippen molar-refractivity contribution in [3.63, 3.8) is 0 Å². The van der Waals surface area contributed by atoms with Gasteiger partial charge in [0.1, 0.15) is 0 Å². The molecule has 2 aromatic rings. The lowest BCUT2D eigenvalue weighted by molar-refractivity contribution is -0.117. The lowest BCUT2D eigenvalue weighted by atomic mass is 10.1. The van der Waals surface area contributed by atoms with E-state index >= 15 is 0 Å². The second-order valence-corrected chi connectivity index (χ2v) is 6.58. The fourth-order valence-electron chi connectivity index (χ4n) is 2.94. The number of benzene rings is 1. The molecule has 2 heterocycles. The van der Waals surface area contributed by atoms with Gasteiger partial charge in [0.25, 0.3) is 0 Å². The summed E-state index contributed by atoms with van der Waals surface area (Å²) >= 11 is 1.42. The average molecular weight is 329 g/mol. The van der Waals surface area contributed by atoms with Gasteiger partial charge in [0.2, 0.25) is 11.8 Å². The van der Waals surface area contributed by atoms with Crippen LogP contribution in [0.15, 0.2) is 23.6 Å². The van der Waals surface area contributed by atoms with Crippen LogP contribution >= 0.6 is 11.3 Å². The van der Waals surface area contributed by atoms with Crippen molar-refractivity contribution in [1.29, 1.82) is 0 Å². The normalized spacial score (nSPS) is 16.3. The summed E-state index contributed by atoms with van der Waals surface area (Å²) in [5, 5.41) is 5.33. The van der Waals surface area contributed by atoms with Crippen molar-refractivity contribution < 1.29 is 9.59 Å². The summed E-state index contributed by atoms with van der Waals surface area (Å²) in [6, 6.07) is 6.24. The summed E-state index contributed by atoms with van der Waals surface area (Å²) in [4.78, 5) is 29.5. The van der Waals surface area contributed by atoms with Crippen LogP contribution in [0.4, 0.5) is 10.8 Å². The number of aromatic nitrogens is 1. The number of fused-ring (bicyclic) bond motifs is 1. The van der Waals surface area contributed by atoms with E-state index in [0.29, 0.717) is 11.6 Å². The van der Waals surface area contributed by atoms with Crippen LogP contribution in [0.5, 0.6) is 0 Å². The second-order valence-electron chi connectivity index (χ2n) is 5.73. The minimum absolute atomic E-state index is 0.0363. The number of carbonyl (C=O) groups is 2. The molecule has 2 amide bonds. The Bertz CT molecular complexity index is 769. The molecule has 5 nitrogen and oxygen atoms in total. The third kappa shape index (κ3) is 2.99. The first-order chi connectivity index (χ1) is 11.0. The highest BCUT2D eigenvalue weighted by molar-refractivity contribution is 7.14. The highest BCUT2D eigenvalue weighted by Crippen LogP contribution is 2.36. The Balaban J connectivity index is 1.87. The average Bonchev–Trinajstić information content (AvgIpc) is 3.09. The summed E-state index contributed by atoms with van der Waals surface area (Å²) < 4.78 is 0. The molecule has 120 valence electrons. The quantitative estimate of drug-likeness (QED) is 0.938. The van der Waals surface area contributed by atoms with Crippen molar-refractivity contribution in [1.82, 2.24) is 4.98 Å². The molecule has 0 bridgehead atoms. The van der Waals surface area contributed by atoms with Gasteiger partial charge in [0.15, 0.2) is 5.13 Å². The third-order valence-corrected chi connectivity index (χ3v) is 4.76. The molecule has 23 heavy (non-hydrogen) atoms. The number of thiazole rings is 1. The standard InChI is InChI=1S/C17H19N3O2S/c1-4-16(22)19-17-18-14(9-23-17)12-5-6-15-13(8-12)7-10(2)20(15)11(3)21/h5-6,8-10H,4,7H2,1-3H3,(H,18,19,22)/t10-/m1/s1. The molecule has 1 aliphatic heterocycles. The van der Waals surface area contributed by atoms with E-state index in [0.717, 1.165) is 28.9 Å². The van der Waals surface area contributed by atoms with E-state index in [4.69, 9.17) is 0 Å². The van der Waals surface area contributed by atoms with Crippen LogP contribution in [0, 0.1) is 0 Å². The molecule has 0 saturated heterocycles. The van der Waals surface area contributed by atoms with Gasteiger partial charge < -0.3 is 10.2 Å². The van der Waals surface area contributed by atoms with E-state index in [-0.39, 0.29) is 17.9 Å². The second kappa shape index (κ2) is 6.12. The maximum atomic E-state index is 11.8. The smallest absolute Gasteiger partial charge is 0.225 e. The van der Waals surface area contributed by atoms with Crippen LogP contribution in [0.3, 0.4) is 0 Å². The zero-order chi connectivity index (χ0) is 16.6. The Morgan fingerprint density at radius 3 is 2.91 bits per heavy atom. The number of rotatable bonds is 3.